The van der Waals surface area contributed by atoms with Gasteiger partial charge in [-0.15, -0.1) is 0 Å². The number of nitro benzene ring substituents is 1. The fraction of sp³-hybridized carbons (Fsp3) is 0.409. The monoisotopic (exact) mass is 463 g/mol. The summed E-state index contributed by atoms with van der Waals surface area (Å²) in [5, 5.41) is 14.0. The molecule has 0 aliphatic carbocycles. The predicted octanol–water partition coefficient (Wildman–Crippen LogP) is 3.73. The van der Waals surface area contributed by atoms with Crippen molar-refractivity contribution in [1.82, 2.24) is 5.32 Å². The van der Waals surface area contributed by atoms with E-state index in [1.165, 1.54) is 24.3 Å². The minimum atomic E-state index is -3.67. The molecule has 174 valence electrons. The largest absolute Gasteiger partial charge is 0.496 e. The summed E-state index contributed by atoms with van der Waals surface area (Å²) in [6.45, 7) is 3.94. The van der Waals surface area contributed by atoms with E-state index in [0.717, 1.165) is 27.4 Å². The molecule has 1 N–H and O–H groups in total. The first kappa shape index (κ1) is 25.1. The maximum atomic E-state index is 12.5. The molecule has 1 amide bonds. The molecule has 2 aromatic rings. The van der Waals surface area contributed by atoms with E-state index in [9.17, 15) is 23.3 Å². The number of hydrogen-bond donors (Lipinski definition) is 1. The number of sulfonamides is 1. The van der Waals surface area contributed by atoms with E-state index in [1.807, 2.05) is 32.0 Å². The van der Waals surface area contributed by atoms with Crippen molar-refractivity contribution in [3.8, 4) is 5.75 Å². The standard InChI is InChI=1S/C22H29N3O6S/c1-5-20(17-11-12-21(31-3)16(2)14-17)23-22(26)10-7-13-24(32(4,29)30)18-8-6-9-19(15-18)25(27)28/h6,8-9,11-12,14-15,20H,5,7,10,13H2,1-4H3,(H,23,26)/t20-/m1/s1. The fourth-order valence-electron chi connectivity index (χ4n) is 3.44. The summed E-state index contributed by atoms with van der Waals surface area (Å²) in [4.78, 5) is 22.9. The normalized spacial score (nSPS) is 12.1. The predicted molar refractivity (Wildman–Crippen MR) is 123 cm³/mol. The third kappa shape index (κ3) is 6.68. The molecule has 0 saturated heterocycles. The van der Waals surface area contributed by atoms with Gasteiger partial charge in [-0.3, -0.25) is 19.2 Å². The number of nitro groups is 1. The van der Waals surface area contributed by atoms with Crippen molar-refractivity contribution >= 4 is 27.3 Å². The summed E-state index contributed by atoms with van der Waals surface area (Å²) < 4.78 is 30.8. The number of anilines is 1. The van der Waals surface area contributed by atoms with Gasteiger partial charge in [-0.05, 0) is 43.0 Å². The first-order valence-electron chi connectivity index (χ1n) is 10.2. The van der Waals surface area contributed by atoms with Gasteiger partial charge in [0.2, 0.25) is 15.9 Å². The van der Waals surface area contributed by atoms with Gasteiger partial charge >= 0.3 is 0 Å². The number of carbonyl (C=O) groups is 1. The van der Waals surface area contributed by atoms with E-state index in [0.29, 0.717) is 6.42 Å². The van der Waals surface area contributed by atoms with Crippen LogP contribution >= 0.6 is 0 Å². The van der Waals surface area contributed by atoms with Gasteiger partial charge in [0, 0.05) is 25.1 Å². The highest BCUT2D eigenvalue weighted by Crippen LogP contribution is 2.25. The van der Waals surface area contributed by atoms with E-state index in [4.69, 9.17) is 4.74 Å². The molecule has 9 nitrogen and oxygen atoms in total. The lowest BCUT2D eigenvalue weighted by atomic mass is 10.0. The average Bonchev–Trinajstić information content (AvgIpc) is 2.74. The van der Waals surface area contributed by atoms with Crippen molar-refractivity contribution in [1.29, 1.82) is 0 Å². The molecule has 2 rings (SSSR count). The number of nitrogens with zero attached hydrogens (tertiary/aromatic N) is 2. The molecule has 0 fully saturated rings. The Morgan fingerprint density at radius 2 is 1.97 bits per heavy atom. The number of carbonyl (C=O) groups excluding carboxylic acids is 1. The molecule has 0 aliphatic heterocycles. The number of methoxy groups -OCH3 is 1. The minimum Gasteiger partial charge on any atom is -0.496 e. The zero-order chi connectivity index (χ0) is 23.9. The van der Waals surface area contributed by atoms with Gasteiger partial charge in [0.1, 0.15) is 5.75 Å². The van der Waals surface area contributed by atoms with Crippen LogP contribution in [0.1, 0.15) is 43.4 Å². The Kier molecular flexibility index (Phi) is 8.59. The number of rotatable bonds is 11. The minimum absolute atomic E-state index is 0.0336. The van der Waals surface area contributed by atoms with Crippen LogP contribution in [0.2, 0.25) is 0 Å². The second-order valence-corrected chi connectivity index (χ2v) is 9.38. The topological polar surface area (TPSA) is 119 Å². The summed E-state index contributed by atoms with van der Waals surface area (Å²) in [5.74, 6) is 0.578. The van der Waals surface area contributed by atoms with E-state index in [1.54, 1.807) is 7.11 Å². The summed E-state index contributed by atoms with van der Waals surface area (Å²) in [6.07, 6.45) is 2.11. The molecule has 1 atom stereocenters. The van der Waals surface area contributed by atoms with Crippen molar-refractivity contribution in [2.75, 3.05) is 24.2 Å². The molecule has 10 heteroatoms. The Balaban J connectivity index is 2.03. The summed E-state index contributed by atoms with van der Waals surface area (Å²) in [5.41, 5.74) is 1.93. The van der Waals surface area contributed by atoms with Gasteiger partial charge in [0.25, 0.3) is 5.69 Å². The maximum Gasteiger partial charge on any atom is 0.271 e. The van der Waals surface area contributed by atoms with Crippen LogP contribution < -0.4 is 14.4 Å². The average molecular weight is 464 g/mol. The summed E-state index contributed by atoms with van der Waals surface area (Å²) >= 11 is 0. The van der Waals surface area contributed by atoms with Gasteiger partial charge in [-0.25, -0.2) is 8.42 Å². The van der Waals surface area contributed by atoms with Gasteiger partial charge in [-0.2, -0.15) is 0 Å². The highest BCUT2D eigenvalue weighted by atomic mass is 32.2. The Bertz CT molecular complexity index is 1070. The highest BCUT2D eigenvalue weighted by molar-refractivity contribution is 7.92. The lowest BCUT2D eigenvalue weighted by molar-refractivity contribution is -0.384. The quantitative estimate of drug-likeness (QED) is 0.401. The number of benzene rings is 2. The number of nitrogens with one attached hydrogen (secondary N) is 1. The Hall–Kier alpha value is -3.14. The van der Waals surface area contributed by atoms with E-state index in [2.05, 4.69) is 5.32 Å². The molecule has 32 heavy (non-hydrogen) atoms. The van der Waals surface area contributed by atoms with Crippen LogP contribution in [0.3, 0.4) is 0 Å². The van der Waals surface area contributed by atoms with Crippen molar-refractivity contribution in [3.05, 3.63) is 63.7 Å². The second-order valence-electron chi connectivity index (χ2n) is 7.47. The van der Waals surface area contributed by atoms with Crippen LogP contribution in [-0.2, 0) is 14.8 Å². The first-order valence-corrected chi connectivity index (χ1v) is 12.1. The van der Waals surface area contributed by atoms with Gasteiger partial charge in [0.05, 0.1) is 30.0 Å². The van der Waals surface area contributed by atoms with Crippen LogP contribution in [-0.4, -0.2) is 39.2 Å². The number of hydrogen-bond acceptors (Lipinski definition) is 6. The molecule has 0 spiro atoms. The molecule has 0 aromatic heterocycles. The lowest BCUT2D eigenvalue weighted by Gasteiger charge is -2.23. The zero-order valence-corrected chi connectivity index (χ0v) is 19.5. The number of non-ortho nitro benzene ring substituents is 1. The van der Waals surface area contributed by atoms with Crippen LogP contribution in [0.5, 0.6) is 5.75 Å². The first-order chi connectivity index (χ1) is 15.1. The Morgan fingerprint density at radius 1 is 1.25 bits per heavy atom. The van der Waals surface area contributed by atoms with Crippen molar-refractivity contribution in [2.45, 2.75) is 39.2 Å². The summed E-state index contributed by atoms with van der Waals surface area (Å²) in [7, 11) is -2.07. The molecule has 0 bridgehead atoms. The number of ether oxygens (including phenoxy) is 1. The van der Waals surface area contributed by atoms with Crippen LogP contribution in [0.15, 0.2) is 42.5 Å². The molecule has 0 aliphatic rings. The van der Waals surface area contributed by atoms with Crippen LogP contribution in [0.25, 0.3) is 0 Å². The molecule has 2 aromatic carbocycles. The van der Waals surface area contributed by atoms with Gasteiger partial charge < -0.3 is 10.1 Å². The zero-order valence-electron chi connectivity index (χ0n) is 18.7. The third-order valence-corrected chi connectivity index (χ3v) is 6.25. The van der Waals surface area contributed by atoms with E-state index < -0.39 is 14.9 Å². The van der Waals surface area contributed by atoms with Crippen LogP contribution in [0.4, 0.5) is 11.4 Å². The lowest BCUT2D eigenvalue weighted by Crippen LogP contribution is -2.33. The van der Waals surface area contributed by atoms with Gasteiger partial charge in [0.15, 0.2) is 0 Å². The molecular weight excluding hydrogens is 434 g/mol. The van der Waals surface area contributed by atoms with Crippen molar-refractivity contribution in [2.24, 2.45) is 0 Å². The smallest absolute Gasteiger partial charge is 0.271 e. The SMILES string of the molecule is CC[C@@H](NC(=O)CCCN(c1cccc([N+](=O)[O-])c1)S(C)(=O)=O)c1ccc(OC)c(C)c1. The van der Waals surface area contributed by atoms with E-state index >= 15 is 0 Å². The number of aryl methyl sites for hydroxylation is 1. The van der Waals surface area contributed by atoms with Crippen molar-refractivity contribution < 1.29 is 22.9 Å². The highest BCUT2D eigenvalue weighted by Gasteiger charge is 2.20. The fourth-order valence-corrected chi connectivity index (χ4v) is 4.39. The molecular formula is C22H29N3O6S. The van der Waals surface area contributed by atoms with Crippen LogP contribution in [0, 0.1) is 17.0 Å². The van der Waals surface area contributed by atoms with E-state index in [-0.39, 0.29) is 42.7 Å². The Morgan fingerprint density at radius 3 is 2.53 bits per heavy atom. The van der Waals surface area contributed by atoms with Gasteiger partial charge in [-0.1, -0.05) is 25.1 Å². The molecule has 0 saturated carbocycles. The third-order valence-electron chi connectivity index (χ3n) is 5.06. The Labute approximate surface area is 188 Å². The second kappa shape index (κ2) is 10.9. The number of amides is 1. The molecule has 0 radical (unpaired) electrons. The van der Waals surface area contributed by atoms with Crippen molar-refractivity contribution in [3.63, 3.8) is 0 Å². The summed E-state index contributed by atoms with van der Waals surface area (Å²) in [6, 6.07) is 11.0. The maximum absolute atomic E-state index is 12.5. The molecule has 0 heterocycles. The molecule has 0 unspecified atom stereocenters.